The topological polar surface area (TPSA) is 42.4 Å². The second-order valence-corrected chi connectivity index (χ2v) is 6.76. The van der Waals surface area contributed by atoms with Gasteiger partial charge >= 0.3 is 6.09 Å². The van der Waals surface area contributed by atoms with Crippen LogP contribution in [0.15, 0.2) is 36.4 Å². The lowest BCUT2D eigenvalue weighted by molar-refractivity contribution is 0.0221. The highest BCUT2D eigenvalue weighted by Gasteiger charge is 2.33. The summed E-state index contributed by atoms with van der Waals surface area (Å²) >= 11 is 0. The number of pyridine rings is 1. The summed E-state index contributed by atoms with van der Waals surface area (Å²) in [5.74, 6) is 0. The first-order valence-electron chi connectivity index (χ1n) is 7.79. The van der Waals surface area contributed by atoms with Crippen LogP contribution < -0.4 is 0 Å². The minimum atomic E-state index is -0.471. The molecule has 1 aromatic carbocycles. The van der Waals surface area contributed by atoms with Gasteiger partial charge in [0.1, 0.15) is 5.60 Å². The molecule has 1 saturated heterocycles. The Balaban J connectivity index is 1.86. The van der Waals surface area contributed by atoms with Crippen molar-refractivity contribution in [1.82, 2.24) is 9.88 Å². The van der Waals surface area contributed by atoms with Crippen molar-refractivity contribution in [3.05, 3.63) is 42.1 Å². The highest BCUT2D eigenvalue weighted by atomic mass is 16.6. The van der Waals surface area contributed by atoms with Gasteiger partial charge in [-0.05, 0) is 45.7 Å². The standard InChI is InChI=1S/C18H22N2O2/c1-18(2,3)22-17(21)20-12-6-9-16(20)15-11-10-13-7-4-5-8-14(13)19-15/h4-5,7-8,10-11,16H,6,9,12H2,1-3H3/t16-/m0/s1. The predicted molar refractivity (Wildman–Crippen MR) is 86.7 cm³/mol. The number of nitrogens with zero attached hydrogens (tertiary/aromatic N) is 2. The van der Waals surface area contributed by atoms with Gasteiger partial charge in [0.25, 0.3) is 0 Å². The lowest BCUT2D eigenvalue weighted by Gasteiger charge is -2.28. The minimum Gasteiger partial charge on any atom is -0.444 e. The van der Waals surface area contributed by atoms with Crippen LogP contribution in [-0.4, -0.2) is 28.1 Å². The molecule has 0 bridgehead atoms. The number of fused-ring (bicyclic) bond motifs is 1. The number of para-hydroxylation sites is 1. The van der Waals surface area contributed by atoms with Crippen LogP contribution in [0.4, 0.5) is 4.79 Å². The van der Waals surface area contributed by atoms with Crippen LogP contribution in [0.2, 0.25) is 0 Å². The Bertz CT molecular complexity index is 691. The van der Waals surface area contributed by atoms with Crippen LogP contribution in [0.25, 0.3) is 10.9 Å². The van der Waals surface area contributed by atoms with Crippen molar-refractivity contribution in [1.29, 1.82) is 0 Å². The fourth-order valence-electron chi connectivity index (χ4n) is 2.88. The monoisotopic (exact) mass is 298 g/mol. The third kappa shape index (κ3) is 3.06. The van der Waals surface area contributed by atoms with Gasteiger partial charge in [-0.2, -0.15) is 0 Å². The summed E-state index contributed by atoms with van der Waals surface area (Å²) in [6, 6.07) is 12.2. The second kappa shape index (κ2) is 5.59. The number of carbonyl (C=O) groups excluding carboxylic acids is 1. The van der Waals surface area contributed by atoms with Crippen LogP contribution in [0, 0.1) is 0 Å². The number of hydrogen-bond acceptors (Lipinski definition) is 3. The molecule has 1 aliphatic heterocycles. The number of benzene rings is 1. The van der Waals surface area contributed by atoms with E-state index in [2.05, 4.69) is 6.07 Å². The van der Waals surface area contributed by atoms with Crippen molar-refractivity contribution in [2.24, 2.45) is 0 Å². The molecule has 1 amide bonds. The van der Waals surface area contributed by atoms with E-state index in [4.69, 9.17) is 9.72 Å². The van der Waals surface area contributed by atoms with Crippen LogP contribution in [0.1, 0.15) is 45.3 Å². The van der Waals surface area contributed by atoms with Gasteiger partial charge in [0.15, 0.2) is 0 Å². The number of rotatable bonds is 1. The normalized spacial score (nSPS) is 18.7. The molecule has 4 nitrogen and oxygen atoms in total. The number of carbonyl (C=O) groups is 1. The fraction of sp³-hybridized carbons (Fsp3) is 0.444. The summed E-state index contributed by atoms with van der Waals surface area (Å²) in [6.07, 6.45) is 1.67. The van der Waals surface area contributed by atoms with Gasteiger partial charge in [-0.1, -0.05) is 24.3 Å². The number of ether oxygens (including phenoxy) is 1. The quantitative estimate of drug-likeness (QED) is 0.788. The predicted octanol–water partition coefficient (Wildman–Crippen LogP) is 4.31. The van der Waals surface area contributed by atoms with Crippen molar-refractivity contribution in [3.63, 3.8) is 0 Å². The Labute approximate surface area is 131 Å². The molecular formula is C18H22N2O2. The van der Waals surface area contributed by atoms with Crippen LogP contribution in [-0.2, 0) is 4.74 Å². The highest BCUT2D eigenvalue weighted by molar-refractivity contribution is 5.78. The molecule has 1 atom stereocenters. The van der Waals surface area contributed by atoms with E-state index < -0.39 is 5.60 Å². The average molecular weight is 298 g/mol. The lowest BCUT2D eigenvalue weighted by Crippen LogP contribution is -2.36. The molecule has 1 aliphatic rings. The molecule has 2 heterocycles. The van der Waals surface area contributed by atoms with E-state index in [-0.39, 0.29) is 12.1 Å². The molecule has 0 radical (unpaired) electrons. The highest BCUT2D eigenvalue weighted by Crippen LogP contribution is 2.32. The Morgan fingerprint density at radius 2 is 2.00 bits per heavy atom. The maximum Gasteiger partial charge on any atom is 0.410 e. The summed E-state index contributed by atoms with van der Waals surface area (Å²) in [4.78, 5) is 18.9. The lowest BCUT2D eigenvalue weighted by atomic mass is 10.1. The molecule has 0 unspecified atom stereocenters. The summed E-state index contributed by atoms with van der Waals surface area (Å²) in [6.45, 7) is 6.41. The largest absolute Gasteiger partial charge is 0.444 e. The van der Waals surface area contributed by atoms with E-state index in [9.17, 15) is 4.79 Å². The molecular weight excluding hydrogens is 276 g/mol. The number of likely N-dealkylation sites (tertiary alicyclic amines) is 1. The summed E-state index contributed by atoms with van der Waals surface area (Å²) in [7, 11) is 0. The van der Waals surface area contributed by atoms with E-state index >= 15 is 0 Å². The molecule has 1 aromatic heterocycles. The smallest absolute Gasteiger partial charge is 0.410 e. The van der Waals surface area contributed by atoms with Crippen LogP contribution in [0.5, 0.6) is 0 Å². The van der Waals surface area contributed by atoms with Crippen LogP contribution >= 0.6 is 0 Å². The van der Waals surface area contributed by atoms with Gasteiger partial charge in [-0.25, -0.2) is 4.79 Å². The zero-order valence-corrected chi connectivity index (χ0v) is 13.4. The summed E-state index contributed by atoms with van der Waals surface area (Å²) in [5.41, 5.74) is 1.44. The fourth-order valence-corrected chi connectivity index (χ4v) is 2.88. The maximum absolute atomic E-state index is 12.4. The Morgan fingerprint density at radius 1 is 1.23 bits per heavy atom. The SMILES string of the molecule is CC(C)(C)OC(=O)N1CCC[C@H]1c1ccc2ccccc2n1. The zero-order valence-electron chi connectivity index (χ0n) is 13.4. The first-order valence-corrected chi connectivity index (χ1v) is 7.79. The molecule has 0 spiro atoms. The van der Waals surface area contributed by atoms with Gasteiger partial charge in [0, 0.05) is 11.9 Å². The number of aromatic nitrogens is 1. The molecule has 0 N–H and O–H groups in total. The first kappa shape index (κ1) is 14.8. The molecule has 116 valence electrons. The van der Waals surface area contributed by atoms with E-state index in [1.807, 2.05) is 56.0 Å². The van der Waals surface area contributed by atoms with Crippen molar-refractivity contribution in [2.45, 2.75) is 45.3 Å². The summed E-state index contributed by atoms with van der Waals surface area (Å²) in [5, 5.41) is 1.12. The second-order valence-electron chi connectivity index (χ2n) is 6.76. The van der Waals surface area contributed by atoms with Crippen molar-refractivity contribution in [2.75, 3.05) is 6.54 Å². The van der Waals surface area contributed by atoms with E-state index in [1.54, 1.807) is 0 Å². The van der Waals surface area contributed by atoms with E-state index in [0.717, 1.165) is 36.0 Å². The molecule has 2 aromatic rings. The number of hydrogen-bond donors (Lipinski definition) is 0. The molecule has 0 aliphatic carbocycles. The minimum absolute atomic E-state index is 0.0134. The molecule has 22 heavy (non-hydrogen) atoms. The average Bonchev–Trinajstić information content (AvgIpc) is 2.94. The number of amides is 1. The van der Waals surface area contributed by atoms with Crippen molar-refractivity contribution >= 4 is 17.0 Å². The maximum atomic E-state index is 12.4. The van der Waals surface area contributed by atoms with Gasteiger partial charge in [0.2, 0.25) is 0 Å². The Hall–Kier alpha value is -2.10. The van der Waals surface area contributed by atoms with Crippen LogP contribution in [0.3, 0.4) is 0 Å². The zero-order chi connectivity index (χ0) is 15.7. The van der Waals surface area contributed by atoms with Crippen molar-refractivity contribution < 1.29 is 9.53 Å². The van der Waals surface area contributed by atoms with Gasteiger partial charge in [-0.3, -0.25) is 9.88 Å². The van der Waals surface area contributed by atoms with E-state index in [0.29, 0.717) is 0 Å². The van der Waals surface area contributed by atoms with Gasteiger partial charge < -0.3 is 4.74 Å². The Kier molecular flexibility index (Phi) is 3.77. The van der Waals surface area contributed by atoms with E-state index in [1.165, 1.54) is 0 Å². The molecule has 0 saturated carbocycles. The summed E-state index contributed by atoms with van der Waals surface area (Å²) < 4.78 is 5.52. The molecule has 3 rings (SSSR count). The molecule has 1 fully saturated rings. The molecule has 4 heteroatoms. The Morgan fingerprint density at radius 3 is 2.77 bits per heavy atom. The van der Waals surface area contributed by atoms with Crippen molar-refractivity contribution in [3.8, 4) is 0 Å². The first-order chi connectivity index (χ1) is 10.4. The van der Waals surface area contributed by atoms with Gasteiger partial charge in [0.05, 0.1) is 17.3 Å². The van der Waals surface area contributed by atoms with Gasteiger partial charge in [-0.15, -0.1) is 0 Å². The third-order valence-electron chi connectivity index (χ3n) is 3.84. The third-order valence-corrected chi connectivity index (χ3v) is 3.84.